The number of sulfone groups is 2. The summed E-state index contributed by atoms with van der Waals surface area (Å²) >= 11 is 0. The Labute approximate surface area is 124 Å². The minimum absolute atomic E-state index is 0.592. The summed E-state index contributed by atoms with van der Waals surface area (Å²) in [6.45, 7) is 5.41. The molecular formula is C11H21NO7S2. The third kappa shape index (κ3) is 6.89. The molecule has 0 fully saturated rings. The Morgan fingerprint density at radius 2 is 1.57 bits per heavy atom. The second kappa shape index (κ2) is 6.73. The Hall–Kier alpha value is -1.16. The van der Waals surface area contributed by atoms with Crippen molar-refractivity contribution in [1.82, 2.24) is 5.32 Å². The fraction of sp³-hybridized carbons (Fsp3) is 0.818. The molecule has 2 N–H and O–H groups in total. The second-order valence-corrected chi connectivity index (χ2v) is 10.7. The maximum absolute atomic E-state index is 11.8. The molecule has 0 aromatic rings. The molecule has 1 atom stereocenters. The van der Waals surface area contributed by atoms with Gasteiger partial charge in [-0.15, -0.1) is 0 Å². The third-order valence-corrected chi connectivity index (χ3v) is 7.23. The Morgan fingerprint density at radius 3 is 1.90 bits per heavy atom. The standard InChI is InChI=1S/C11H21NO7S2/c1-8(13)12-9(10(14)15)7-20(16,17)5-6-21(18,19)11(2,3)4/h9H,5-7H2,1-4H3,(H,12,13)(H,14,15). The first-order valence-corrected chi connectivity index (χ1v) is 9.58. The van der Waals surface area contributed by atoms with Crippen molar-refractivity contribution in [2.24, 2.45) is 0 Å². The lowest BCUT2D eigenvalue weighted by atomic mass is 10.3. The van der Waals surface area contributed by atoms with E-state index >= 15 is 0 Å². The highest BCUT2D eigenvalue weighted by Gasteiger charge is 2.32. The van der Waals surface area contributed by atoms with Gasteiger partial charge >= 0.3 is 5.97 Å². The molecule has 0 aromatic carbocycles. The largest absolute Gasteiger partial charge is 0.480 e. The molecular weight excluding hydrogens is 322 g/mol. The lowest BCUT2D eigenvalue weighted by Gasteiger charge is -2.19. The van der Waals surface area contributed by atoms with Gasteiger partial charge in [0.25, 0.3) is 0 Å². The first-order valence-electron chi connectivity index (χ1n) is 6.10. The van der Waals surface area contributed by atoms with Crippen LogP contribution in [0.3, 0.4) is 0 Å². The number of carbonyl (C=O) groups excluding carboxylic acids is 1. The molecule has 10 heteroatoms. The molecule has 21 heavy (non-hydrogen) atoms. The summed E-state index contributed by atoms with van der Waals surface area (Å²) in [6, 6.07) is -1.59. The van der Waals surface area contributed by atoms with E-state index < -0.39 is 59.6 Å². The number of hydrogen-bond acceptors (Lipinski definition) is 6. The van der Waals surface area contributed by atoms with Crippen molar-refractivity contribution in [3.8, 4) is 0 Å². The molecule has 0 aliphatic carbocycles. The number of hydrogen-bond donors (Lipinski definition) is 2. The van der Waals surface area contributed by atoms with Crippen molar-refractivity contribution in [3.63, 3.8) is 0 Å². The zero-order valence-corrected chi connectivity index (χ0v) is 14.0. The van der Waals surface area contributed by atoms with Gasteiger partial charge < -0.3 is 10.4 Å². The van der Waals surface area contributed by atoms with Crippen LogP contribution in [0.1, 0.15) is 27.7 Å². The van der Waals surface area contributed by atoms with E-state index in [1.54, 1.807) is 0 Å². The van der Waals surface area contributed by atoms with Crippen molar-refractivity contribution in [2.45, 2.75) is 38.5 Å². The Morgan fingerprint density at radius 1 is 1.10 bits per heavy atom. The molecule has 0 aliphatic heterocycles. The van der Waals surface area contributed by atoms with Gasteiger partial charge in [0.2, 0.25) is 5.91 Å². The number of amides is 1. The van der Waals surface area contributed by atoms with Crippen LogP contribution in [0.25, 0.3) is 0 Å². The zero-order valence-electron chi connectivity index (χ0n) is 12.4. The highest BCUT2D eigenvalue weighted by atomic mass is 32.2. The SMILES string of the molecule is CC(=O)NC(CS(=O)(=O)CCS(=O)(=O)C(C)(C)C)C(=O)O. The molecule has 0 spiro atoms. The summed E-state index contributed by atoms with van der Waals surface area (Å²) < 4.78 is 46.2. The maximum atomic E-state index is 11.8. The van der Waals surface area contributed by atoms with E-state index in [1.807, 2.05) is 5.32 Å². The van der Waals surface area contributed by atoms with Crippen molar-refractivity contribution >= 4 is 31.6 Å². The monoisotopic (exact) mass is 343 g/mol. The predicted molar refractivity (Wildman–Crippen MR) is 77.4 cm³/mol. The van der Waals surface area contributed by atoms with Gasteiger partial charge in [-0.2, -0.15) is 0 Å². The van der Waals surface area contributed by atoms with Crippen molar-refractivity contribution in [2.75, 3.05) is 17.3 Å². The summed E-state index contributed by atoms with van der Waals surface area (Å²) in [5.41, 5.74) is 0. The van der Waals surface area contributed by atoms with Gasteiger partial charge in [-0.3, -0.25) is 4.79 Å². The molecule has 124 valence electrons. The first-order chi connectivity index (χ1) is 9.18. The maximum Gasteiger partial charge on any atom is 0.327 e. The van der Waals surface area contributed by atoms with Crippen LogP contribution in [0.15, 0.2) is 0 Å². The van der Waals surface area contributed by atoms with Gasteiger partial charge in [0.15, 0.2) is 19.7 Å². The molecule has 0 saturated carbocycles. The minimum atomic E-state index is -3.94. The first kappa shape index (κ1) is 19.8. The van der Waals surface area contributed by atoms with Crippen molar-refractivity contribution < 1.29 is 31.5 Å². The quantitative estimate of drug-likeness (QED) is 0.618. The molecule has 0 aromatic heterocycles. The summed E-state index contributed by atoms with van der Waals surface area (Å²) in [5, 5.41) is 10.8. The molecule has 1 unspecified atom stereocenters. The van der Waals surface area contributed by atoms with Gasteiger partial charge in [0.05, 0.1) is 22.0 Å². The topological polar surface area (TPSA) is 135 Å². The number of carboxylic acids is 1. The van der Waals surface area contributed by atoms with E-state index in [1.165, 1.54) is 20.8 Å². The Bertz CT molecular complexity index is 599. The van der Waals surface area contributed by atoms with E-state index in [0.717, 1.165) is 6.92 Å². The van der Waals surface area contributed by atoms with Crippen LogP contribution < -0.4 is 5.32 Å². The van der Waals surface area contributed by atoms with Gasteiger partial charge in [-0.1, -0.05) is 0 Å². The van der Waals surface area contributed by atoms with E-state index in [4.69, 9.17) is 5.11 Å². The van der Waals surface area contributed by atoms with E-state index in [-0.39, 0.29) is 0 Å². The number of nitrogens with one attached hydrogen (secondary N) is 1. The summed E-state index contributed by atoms with van der Waals surface area (Å²) in [5.74, 6) is -4.30. The number of aliphatic carboxylic acids is 1. The third-order valence-electron chi connectivity index (χ3n) is 2.69. The number of rotatable bonds is 7. The van der Waals surface area contributed by atoms with Crippen LogP contribution >= 0.6 is 0 Å². The Kier molecular flexibility index (Phi) is 6.36. The predicted octanol–water partition coefficient (Wildman–Crippen LogP) is -0.796. The lowest BCUT2D eigenvalue weighted by Crippen LogP contribution is -2.45. The molecule has 0 heterocycles. The zero-order chi connectivity index (χ0) is 17.1. The van der Waals surface area contributed by atoms with Crippen LogP contribution in [0.2, 0.25) is 0 Å². The molecule has 1 amide bonds. The van der Waals surface area contributed by atoms with E-state index in [0.29, 0.717) is 0 Å². The average molecular weight is 343 g/mol. The Balaban J connectivity index is 4.93. The number of carbonyl (C=O) groups is 2. The number of carboxylic acid groups (broad SMARTS) is 1. The molecule has 0 radical (unpaired) electrons. The van der Waals surface area contributed by atoms with Gasteiger partial charge in [-0.05, 0) is 20.8 Å². The molecule has 0 saturated heterocycles. The van der Waals surface area contributed by atoms with E-state index in [9.17, 15) is 26.4 Å². The van der Waals surface area contributed by atoms with Crippen LogP contribution in [0, 0.1) is 0 Å². The highest BCUT2D eigenvalue weighted by Crippen LogP contribution is 2.16. The molecule has 0 bridgehead atoms. The summed E-state index contributed by atoms with van der Waals surface area (Å²) in [4.78, 5) is 21.7. The lowest BCUT2D eigenvalue weighted by molar-refractivity contribution is -0.140. The van der Waals surface area contributed by atoms with Crippen molar-refractivity contribution in [1.29, 1.82) is 0 Å². The smallest absolute Gasteiger partial charge is 0.327 e. The highest BCUT2D eigenvalue weighted by molar-refractivity contribution is 7.95. The summed E-state index contributed by atoms with van der Waals surface area (Å²) in [6.07, 6.45) is 0. The van der Waals surface area contributed by atoms with Crippen LogP contribution in [0.5, 0.6) is 0 Å². The van der Waals surface area contributed by atoms with Crippen molar-refractivity contribution in [3.05, 3.63) is 0 Å². The van der Waals surface area contributed by atoms with Crippen LogP contribution in [-0.2, 0) is 29.3 Å². The molecule has 0 rings (SSSR count). The fourth-order valence-electron chi connectivity index (χ4n) is 1.30. The van der Waals surface area contributed by atoms with Gasteiger partial charge in [-0.25, -0.2) is 21.6 Å². The van der Waals surface area contributed by atoms with Crippen LogP contribution in [-0.4, -0.2) is 61.9 Å². The molecule has 0 aliphatic rings. The average Bonchev–Trinajstić information content (AvgIpc) is 2.23. The second-order valence-electron chi connectivity index (χ2n) is 5.64. The van der Waals surface area contributed by atoms with Gasteiger partial charge in [0, 0.05) is 6.92 Å². The minimum Gasteiger partial charge on any atom is -0.480 e. The fourth-order valence-corrected chi connectivity index (χ4v) is 4.71. The van der Waals surface area contributed by atoms with E-state index in [2.05, 4.69) is 0 Å². The van der Waals surface area contributed by atoms with Gasteiger partial charge in [0.1, 0.15) is 6.04 Å². The normalized spacial score (nSPS) is 14.5. The molecule has 8 nitrogen and oxygen atoms in total. The summed E-state index contributed by atoms with van der Waals surface area (Å²) in [7, 11) is -7.56. The van der Waals surface area contributed by atoms with Crippen LogP contribution in [0.4, 0.5) is 0 Å².